The molecule has 2 atom stereocenters. The Morgan fingerprint density at radius 1 is 1.20 bits per heavy atom. The van der Waals surface area contributed by atoms with Crippen LogP contribution in [0.15, 0.2) is 53.2 Å². The van der Waals surface area contributed by atoms with Crippen LogP contribution in [0.3, 0.4) is 0 Å². The maximum absolute atomic E-state index is 12.5. The standard InChI is InChI=1S/C23H29N3O4/c1-17(25-22(27)12-9-18-7-10-19(29-2)11-8-18)23(28)24-16-20(21-6-5-15-30-21)26-13-3-4-14-26/h5-12,15,17,20H,3-4,13-14,16H2,1-2H3,(H,24,28)(H,25,27)/b12-9+. The van der Waals surface area contributed by atoms with E-state index in [2.05, 4.69) is 15.5 Å². The number of amides is 2. The summed E-state index contributed by atoms with van der Waals surface area (Å²) in [5.74, 6) is 1.05. The van der Waals surface area contributed by atoms with Crippen LogP contribution < -0.4 is 15.4 Å². The molecule has 1 aromatic heterocycles. The topological polar surface area (TPSA) is 83.8 Å². The third kappa shape index (κ3) is 5.97. The molecule has 2 heterocycles. The van der Waals surface area contributed by atoms with Crippen LogP contribution in [-0.2, 0) is 9.59 Å². The predicted molar refractivity (Wildman–Crippen MR) is 115 cm³/mol. The fourth-order valence-electron chi connectivity index (χ4n) is 3.51. The molecular weight excluding hydrogens is 382 g/mol. The Kier molecular flexibility index (Phi) is 7.68. The number of benzene rings is 1. The Balaban J connectivity index is 1.49. The predicted octanol–water partition coefficient (Wildman–Crippen LogP) is 2.76. The second-order valence-corrected chi connectivity index (χ2v) is 7.36. The lowest BCUT2D eigenvalue weighted by atomic mass is 10.2. The molecule has 7 heteroatoms. The van der Waals surface area contributed by atoms with E-state index in [1.807, 2.05) is 36.4 Å². The summed E-state index contributed by atoms with van der Waals surface area (Å²) in [6.07, 6.45) is 7.07. The van der Waals surface area contributed by atoms with Gasteiger partial charge in [-0.05, 0) is 68.8 Å². The highest BCUT2D eigenvalue weighted by atomic mass is 16.5. The van der Waals surface area contributed by atoms with Gasteiger partial charge in [0.2, 0.25) is 11.8 Å². The van der Waals surface area contributed by atoms with Gasteiger partial charge in [0.15, 0.2) is 0 Å². The number of likely N-dealkylation sites (tertiary alicyclic amines) is 1. The number of ether oxygens (including phenoxy) is 1. The van der Waals surface area contributed by atoms with E-state index < -0.39 is 6.04 Å². The smallest absolute Gasteiger partial charge is 0.244 e. The van der Waals surface area contributed by atoms with Crippen molar-refractivity contribution >= 4 is 17.9 Å². The molecule has 160 valence electrons. The molecular formula is C23H29N3O4. The lowest BCUT2D eigenvalue weighted by Crippen LogP contribution is -2.46. The van der Waals surface area contributed by atoms with Crippen LogP contribution in [0.1, 0.15) is 37.1 Å². The van der Waals surface area contributed by atoms with Gasteiger partial charge in [-0.1, -0.05) is 12.1 Å². The molecule has 2 aromatic rings. The van der Waals surface area contributed by atoms with E-state index in [0.717, 1.165) is 43.0 Å². The van der Waals surface area contributed by atoms with Gasteiger partial charge in [0.1, 0.15) is 17.6 Å². The van der Waals surface area contributed by atoms with Crippen LogP contribution in [-0.4, -0.2) is 49.5 Å². The molecule has 7 nitrogen and oxygen atoms in total. The number of carbonyl (C=O) groups excluding carboxylic acids is 2. The van der Waals surface area contributed by atoms with Crippen molar-refractivity contribution in [3.05, 3.63) is 60.1 Å². The molecule has 1 aliphatic rings. The summed E-state index contributed by atoms with van der Waals surface area (Å²) in [5, 5.41) is 5.65. The van der Waals surface area contributed by atoms with E-state index in [9.17, 15) is 9.59 Å². The number of rotatable bonds is 9. The lowest BCUT2D eigenvalue weighted by molar-refractivity contribution is -0.126. The zero-order valence-electron chi connectivity index (χ0n) is 17.5. The van der Waals surface area contributed by atoms with Crippen molar-refractivity contribution < 1.29 is 18.7 Å². The van der Waals surface area contributed by atoms with Gasteiger partial charge in [0.05, 0.1) is 19.4 Å². The van der Waals surface area contributed by atoms with Crippen molar-refractivity contribution in [3.63, 3.8) is 0 Å². The van der Waals surface area contributed by atoms with Crippen molar-refractivity contribution in [2.24, 2.45) is 0 Å². The Labute approximate surface area is 177 Å². The molecule has 1 fully saturated rings. The van der Waals surface area contributed by atoms with E-state index in [0.29, 0.717) is 6.54 Å². The van der Waals surface area contributed by atoms with Crippen LogP contribution in [0.5, 0.6) is 5.75 Å². The Bertz CT molecular complexity index is 840. The third-order valence-corrected chi connectivity index (χ3v) is 5.22. The van der Waals surface area contributed by atoms with E-state index in [4.69, 9.17) is 9.15 Å². The van der Waals surface area contributed by atoms with Crippen LogP contribution >= 0.6 is 0 Å². The van der Waals surface area contributed by atoms with Gasteiger partial charge >= 0.3 is 0 Å². The minimum atomic E-state index is -0.645. The highest BCUT2D eigenvalue weighted by Crippen LogP contribution is 2.24. The average molecular weight is 412 g/mol. The molecule has 0 saturated carbocycles. The molecule has 0 spiro atoms. The monoisotopic (exact) mass is 411 g/mol. The van der Waals surface area contributed by atoms with Gasteiger partial charge in [0, 0.05) is 12.6 Å². The first-order valence-corrected chi connectivity index (χ1v) is 10.2. The van der Waals surface area contributed by atoms with Gasteiger partial charge in [0.25, 0.3) is 0 Å². The third-order valence-electron chi connectivity index (χ3n) is 5.22. The molecule has 2 amide bonds. The number of nitrogens with one attached hydrogen (secondary N) is 2. The molecule has 2 unspecified atom stereocenters. The van der Waals surface area contributed by atoms with Crippen LogP contribution in [0.2, 0.25) is 0 Å². The molecule has 2 N–H and O–H groups in total. The van der Waals surface area contributed by atoms with Gasteiger partial charge in [-0.15, -0.1) is 0 Å². The minimum absolute atomic E-state index is 0.00400. The zero-order chi connectivity index (χ0) is 21.3. The number of methoxy groups -OCH3 is 1. The van der Waals surface area contributed by atoms with Crippen molar-refractivity contribution in [1.29, 1.82) is 0 Å². The summed E-state index contributed by atoms with van der Waals surface area (Å²) in [5.41, 5.74) is 0.870. The largest absolute Gasteiger partial charge is 0.497 e. The maximum Gasteiger partial charge on any atom is 0.244 e. The minimum Gasteiger partial charge on any atom is -0.497 e. The maximum atomic E-state index is 12.5. The van der Waals surface area contributed by atoms with E-state index in [1.165, 1.54) is 6.08 Å². The zero-order valence-corrected chi connectivity index (χ0v) is 17.5. The molecule has 1 aliphatic heterocycles. The first-order valence-electron chi connectivity index (χ1n) is 10.2. The molecule has 3 rings (SSSR count). The summed E-state index contributed by atoms with van der Waals surface area (Å²) in [7, 11) is 1.60. The fourth-order valence-corrected chi connectivity index (χ4v) is 3.51. The first kappa shape index (κ1) is 21.6. The molecule has 1 saturated heterocycles. The normalized spacial score (nSPS) is 16.3. The lowest BCUT2D eigenvalue weighted by Gasteiger charge is -2.26. The highest BCUT2D eigenvalue weighted by molar-refractivity contribution is 5.95. The fraction of sp³-hybridized carbons (Fsp3) is 0.391. The Hall–Kier alpha value is -3.06. The SMILES string of the molecule is COc1ccc(/C=C/C(=O)NC(C)C(=O)NCC(c2ccco2)N2CCCC2)cc1. The second-order valence-electron chi connectivity index (χ2n) is 7.36. The van der Waals surface area contributed by atoms with Crippen LogP contribution in [0, 0.1) is 0 Å². The summed E-state index contributed by atoms with van der Waals surface area (Å²) >= 11 is 0. The van der Waals surface area contributed by atoms with Crippen LogP contribution in [0.25, 0.3) is 6.08 Å². The quantitative estimate of drug-likeness (QED) is 0.620. The van der Waals surface area contributed by atoms with Gasteiger partial charge < -0.3 is 19.8 Å². The Morgan fingerprint density at radius 3 is 2.57 bits per heavy atom. The number of hydrogen-bond acceptors (Lipinski definition) is 5. The van der Waals surface area contributed by atoms with E-state index in [-0.39, 0.29) is 17.9 Å². The van der Waals surface area contributed by atoms with E-state index in [1.54, 1.807) is 26.4 Å². The average Bonchev–Trinajstić information content (AvgIpc) is 3.47. The number of furan rings is 1. The van der Waals surface area contributed by atoms with Crippen molar-refractivity contribution in [1.82, 2.24) is 15.5 Å². The van der Waals surface area contributed by atoms with E-state index >= 15 is 0 Å². The molecule has 30 heavy (non-hydrogen) atoms. The highest BCUT2D eigenvalue weighted by Gasteiger charge is 2.26. The number of carbonyl (C=O) groups is 2. The number of hydrogen-bond donors (Lipinski definition) is 2. The first-order chi connectivity index (χ1) is 14.6. The number of nitrogens with zero attached hydrogens (tertiary/aromatic N) is 1. The van der Waals surface area contributed by atoms with Crippen LogP contribution in [0.4, 0.5) is 0 Å². The van der Waals surface area contributed by atoms with Gasteiger partial charge in [-0.2, -0.15) is 0 Å². The summed E-state index contributed by atoms with van der Waals surface area (Å²) in [6.45, 7) is 4.09. The summed E-state index contributed by atoms with van der Waals surface area (Å²) in [4.78, 5) is 27.0. The molecule has 0 aliphatic carbocycles. The Morgan fingerprint density at radius 2 is 1.93 bits per heavy atom. The van der Waals surface area contributed by atoms with Crippen molar-refractivity contribution in [2.75, 3.05) is 26.7 Å². The van der Waals surface area contributed by atoms with Gasteiger partial charge in [-0.25, -0.2) is 0 Å². The van der Waals surface area contributed by atoms with Crippen molar-refractivity contribution in [3.8, 4) is 5.75 Å². The van der Waals surface area contributed by atoms with Gasteiger partial charge in [-0.3, -0.25) is 14.5 Å². The molecule has 1 aromatic carbocycles. The molecule has 0 bridgehead atoms. The second kappa shape index (κ2) is 10.6. The summed E-state index contributed by atoms with van der Waals surface area (Å²) in [6, 6.07) is 10.5. The molecule has 0 radical (unpaired) electrons. The van der Waals surface area contributed by atoms with Crippen molar-refractivity contribution in [2.45, 2.75) is 31.8 Å². The summed E-state index contributed by atoms with van der Waals surface area (Å²) < 4.78 is 10.7.